The number of nitrogens with zero attached hydrogens (tertiary/aromatic N) is 2. The number of ether oxygens (including phenoxy) is 2. The van der Waals surface area contributed by atoms with Crippen LogP contribution < -0.4 is 14.2 Å². The largest absolute Gasteiger partial charge is 0.493 e. The number of nitrogens with one attached hydrogen (secondary N) is 1. The first kappa shape index (κ1) is 21.7. The highest BCUT2D eigenvalue weighted by Crippen LogP contribution is 2.32. The van der Waals surface area contributed by atoms with Gasteiger partial charge in [0.15, 0.2) is 11.5 Å². The summed E-state index contributed by atoms with van der Waals surface area (Å²) in [7, 11) is -2.24. The Hall–Kier alpha value is -3.52. The van der Waals surface area contributed by atoms with Crippen LogP contribution in [0.25, 0.3) is 5.65 Å². The Bertz CT molecular complexity index is 1340. The highest BCUT2D eigenvalue weighted by Gasteiger charge is 2.21. The molecule has 0 aliphatic heterocycles. The molecule has 2 aromatic heterocycles. The van der Waals surface area contributed by atoms with Crippen LogP contribution in [-0.4, -0.2) is 24.9 Å². The molecule has 0 saturated heterocycles. The highest BCUT2D eigenvalue weighted by molar-refractivity contribution is 7.92. The monoisotopic (exact) mass is 451 g/mol. The van der Waals surface area contributed by atoms with E-state index in [0.29, 0.717) is 28.3 Å². The van der Waals surface area contributed by atoms with Gasteiger partial charge in [-0.25, -0.2) is 13.4 Å². The number of benzene rings is 2. The van der Waals surface area contributed by atoms with Crippen molar-refractivity contribution in [3.63, 3.8) is 0 Å². The lowest BCUT2D eigenvalue weighted by molar-refractivity contribution is 0.281. The number of rotatable bonds is 7. The Balaban J connectivity index is 1.59. The Morgan fingerprint density at radius 1 is 1.00 bits per heavy atom. The molecule has 0 amide bonds. The number of imidazole rings is 1. The van der Waals surface area contributed by atoms with Gasteiger partial charge in [0, 0.05) is 18.5 Å². The summed E-state index contributed by atoms with van der Waals surface area (Å²) in [6.45, 7) is 5.75. The van der Waals surface area contributed by atoms with Crippen molar-refractivity contribution in [2.24, 2.45) is 0 Å². The van der Waals surface area contributed by atoms with E-state index < -0.39 is 10.0 Å². The molecule has 7 nitrogen and oxygen atoms in total. The number of anilines is 1. The molecule has 32 heavy (non-hydrogen) atoms. The van der Waals surface area contributed by atoms with Crippen molar-refractivity contribution in [2.45, 2.75) is 32.3 Å². The summed E-state index contributed by atoms with van der Waals surface area (Å²) in [5, 5.41) is 0. The Morgan fingerprint density at radius 2 is 1.75 bits per heavy atom. The lowest BCUT2D eigenvalue weighted by Gasteiger charge is -2.16. The number of sulfonamides is 1. The minimum absolute atomic E-state index is 0.213. The Morgan fingerprint density at radius 3 is 2.44 bits per heavy atom. The molecule has 1 N–H and O–H groups in total. The number of hydrogen-bond donors (Lipinski definition) is 1. The Labute approximate surface area is 187 Å². The molecule has 8 heteroatoms. The van der Waals surface area contributed by atoms with Gasteiger partial charge in [0.1, 0.15) is 12.3 Å². The lowest BCUT2D eigenvalue weighted by atomic mass is 10.1. The van der Waals surface area contributed by atoms with Crippen molar-refractivity contribution in [1.29, 1.82) is 0 Å². The van der Waals surface area contributed by atoms with Crippen LogP contribution in [0.15, 0.2) is 65.8 Å². The van der Waals surface area contributed by atoms with Crippen LogP contribution in [0.5, 0.6) is 11.5 Å². The van der Waals surface area contributed by atoms with E-state index in [1.54, 1.807) is 32.0 Å². The number of aromatic nitrogens is 2. The standard InChI is InChI=1S/C24H25N3O4S/c1-16-11-17(2)24(18(3)12-16)32(28,29)26-19-8-9-21(30-4)22(13-19)31-15-20-14-27-10-6-5-7-23(27)25-20/h5-14,26H,15H2,1-4H3. The predicted molar refractivity (Wildman–Crippen MR) is 124 cm³/mol. The van der Waals surface area contributed by atoms with Gasteiger partial charge >= 0.3 is 0 Å². The first-order valence-corrected chi connectivity index (χ1v) is 11.6. The molecule has 0 atom stereocenters. The van der Waals surface area contributed by atoms with Gasteiger partial charge < -0.3 is 13.9 Å². The number of fused-ring (bicyclic) bond motifs is 1. The fourth-order valence-corrected chi connectivity index (χ4v) is 5.36. The fraction of sp³-hybridized carbons (Fsp3) is 0.208. The Kier molecular flexibility index (Phi) is 5.80. The van der Waals surface area contributed by atoms with E-state index in [-0.39, 0.29) is 11.5 Å². The third-order valence-electron chi connectivity index (χ3n) is 5.08. The quantitative estimate of drug-likeness (QED) is 0.442. The van der Waals surface area contributed by atoms with Crippen molar-refractivity contribution in [3.05, 3.63) is 83.3 Å². The summed E-state index contributed by atoms with van der Waals surface area (Å²) in [5.41, 5.74) is 4.37. The number of pyridine rings is 1. The van der Waals surface area contributed by atoms with Gasteiger partial charge in [-0.1, -0.05) is 23.8 Å². The SMILES string of the molecule is COc1ccc(NS(=O)(=O)c2c(C)cc(C)cc2C)cc1OCc1cn2ccccc2n1. The minimum atomic E-state index is -3.77. The molecule has 0 radical (unpaired) electrons. The van der Waals surface area contributed by atoms with Crippen molar-refractivity contribution >= 4 is 21.4 Å². The van der Waals surface area contributed by atoms with E-state index in [1.165, 1.54) is 7.11 Å². The van der Waals surface area contributed by atoms with Crippen molar-refractivity contribution in [3.8, 4) is 11.5 Å². The summed E-state index contributed by atoms with van der Waals surface area (Å²) < 4.78 is 42.1. The predicted octanol–water partition coefficient (Wildman–Crippen LogP) is 4.65. The lowest BCUT2D eigenvalue weighted by Crippen LogP contribution is -2.16. The second-order valence-corrected chi connectivity index (χ2v) is 9.31. The molecule has 0 aliphatic carbocycles. The summed E-state index contributed by atoms with van der Waals surface area (Å²) in [6, 6.07) is 14.4. The number of hydrogen-bond acceptors (Lipinski definition) is 5. The average molecular weight is 452 g/mol. The molecule has 0 spiro atoms. The van der Waals surface area contributed by atoms with Gasteiger partial charge in [0.25, 0.3) is 10.0 Å². The van der Waals surface area contributed by atoms with Crippen molar-refractivity contribution in [1.82, 2.24) is 9.38 Å². The molecule has 2 heterocycles. The van der Waals surface area contributed by atoms with E-state index in [0.717, 1.165) is 16.9 Å². The number of methoxy groups -OCH3 is 1. The van der Waals surface area contributed by atoms with Crippen LogP contribution in [0.3, 0.4) is 0 Å². The molecule has 0 bridgehead atoms. The van der Waals surface area contributed by atoms with Crippen LogP contribution in [-0.2, 0) is 16.6 Å². The summed E-state index contributed by atoms with van der Waals surface area (Å²) in [4.78, 5) is 4.80. The second kappa shape index (κ2) is 8.55. The molecule has 2 aromatic carbocycles. The zero-order chi connectivity index (χ0) is 22.9. The smallest absolute Gasteiger partial charge is 0.262 e. The molecule has 4 rings (SSSR count). The third kappa shape index (κ3) is 4.40. The van der Waals surface area contributed by atoms with E-state index in [1.807, 2.05) is 54.0 Å². The van der Waals surface area contributed by atoms with Gasteiger partial charge in [-0.05, 0) is 56.2 Å². The minimum Gasteiger partial charge on any atom is -0.493 e. The van der Waals surface area contributed by atoms with E-state index in [9.17, 15) is 8.42 Å². The molecule has 4 aromatic rings. The van der Waals surface area contributed by atoms with Crippen LogP contribution in [0.4, 0.5) is 5.69 Å². The van der Waals surface area contributed by atoms with Crippen molar-refractivity contribution in [2.75, 3.05) is 11.8 Å². The van der Waals surface area contributed by atoms with Crippen molar-refractivity contribution < 1.29 is 17.9 Å². The molecular formula is C24H25N3O4S. The van der Waals surface area contributed by atoms with Crippen LogP contribution in [0.1, 0.15) is 22.4 Å². The van der Waals surface area contributed by atoms with Gasteiger partial charge in [-0.15, -0.1) is 0 Å². The fourth-order valence-electron chi connectivity index (χ4n) is 3.86. The third-order valence-corrected chi connectivity index (χ3v) is 6.76. The molecule has 0 saturated carbocycles. The first-order valence-electron chi connectivity index (χ1n) is 10.1. The summed E-state index contributed by atoms with van der Waals surface area (Å²) >= 11 is 0. The second-order valence-electron chi connectivity index (χ2n) is 7.69. The van der Waals surface area contributed by atoms with Crippen LogP contribution in [0, 0.1) is 20.8 Å². The molecule has 166 valence electrons. The maximum Gasteiger partial charge on any atom is 0.262 e. The van der Waals surface area contributed by atoms with Crippen LogP contribution in [0.2, 0.25) is 0 Å². The summed E-state index contributed by atoms with van der Waals surface area (Å²) in [6.07, 6.45) is 3.80. The van der Waals surface area contributed by atoms with E-state index >= 15 is 0 Å². The maximum atomic E-state index is 13.1. The van der Waals surface area contributed by atoms with E-state index in [4.69, 9.17) is 9.47 Å². The first-order chi connectivity index (χ1) is 15.3. The van der Waals surface area contributed by atoms with E-state index in [2.05, 4.69) is 9.71 Å². The zero-order valence-electron chi connectivity index (χ0n) is 18.4. The zero-order valence-corrected chi connectivity index (χ0v) is 19.2. The highest BCUT2D eigenvalue weighted by atomic mass is 32.2. The average Bonchev–Trinajstić information content (AvgIpc) is 3.14. The summed E-state index contributed by atoms with van der Waals surface area (Å²) in [5.74, 6) is 0.918. The van der Waals surface area contributed by atoms with Gasteiger partial charge in [0.2, 0.25) is 0 Å². The number of aryl methyl sites for hydroxylation is 3. The topological polar surface area (TPSA) is 81.9 Å². The van der Waals surface area contributed by atoms with Crippen LogP contribution >= 0.6 is 0 Å². The molecule has 0 unspecified atom stereocenters. The maximum absolute atomic E-state index is 13.1. The van der Waals surface area contributed by atoms with Gasteiger partial charge in [0.05, 0.1) is 23.4 Å². The molecule has 0 aliphatic rings. The molecule has 0 fully saturated rings. The molecular weight excluding hydrogens is 426 g/mol. The van der Waals surface area contributed by atoms with Gasteiger partial charge in [-0.3, -0.25) is 4.72 Å². The normalized spacial score (nSPS) is 11.5. The van der Waals surface area contributed by atoms with Gasteiger partial charge in [-0.2, -0.15) is 0 Å².